The van der Waals surface area contributed by atoms with Crippen LogP contribution in [0.3, 0.4) is 0 Å². The molecule has 0 spiro atoms. The van der Waals surface area contributed by atoms with Gasteiger partial charge in [0.05, 0.1) is 6.20 Å². The Morgan fingerprint density at radius 2 is 2.26 bits per heavy atom. The van der Waals surface area contributed by atoms with Crippen LogP contribution in [-0.2, 0) is 13.6 Å². The fourth-order valence-electron chi connectivity index (χ4n) is 1.79. The van der Waals surface area contributed by atoms with Crippen LogP contribution in [0.25, 0.3) is 0 Å². The van der Waals surface area contributed by atoms with Crippen LogP contribution in [0.2, 0.25) is 0 Å². The predicted molar refractivity (Wildman–Crippen MR) is 73.7 cm³/mol. The van der Waals surface area contributed by atoms with Gasteiger partial charge in [-0.25, -0.2) is 4.79 Å². The molecule has 1 rings (SSSR count). The molecular formula is C13H24N4O2. The summed E-state index contributed by atoms with van der Waals surface area (Å²) in [7, 11) is 1.87. The van der Waals surface area contributed by atoms with E-state index in [4.69, 9.17) is 5.11 Å². The molecule has 0 bridgehead atoms. The van der Waals surface area contributed by atoms with E-state index in [1.807, 2.05) is 27.8 Å². The largest absolute Gasteiger partial charge is 0.396 e. The molecule has 3 N–H and O–H groups in total. The topological polar surface area (TPSA) is 79.2 Å². The Morgan fingerprint density at radius 1 is 1.58 bits per heavy atom. The highest BCUT2D eigenvalue weighted by molar-refractivity contribution is 5.74. The van der Waals surface area contributed by atoms with Gasteiger partial charge in [-0.15, -0.1) is 0 Å². The van der Waals surface area contributed by atoms with Gasteiger partial charge in [0.1, 0.15) is 0 Å². The Balaban J connectivity index is 2.50. The van der Waals surface area contributed by atoms with Crippen molar-refractivity contribution >= 4 is 6.03 Å². The summed E-state index contributed by atoms with van der Waals surface area (Å²) in [6.45, 7) is 6.39. The van der Waals surface area contributed by atoms with Gasteiger partial charge < -0.3 is 15.7 Å². The van der Waals surface area contributed by atoms with Crippen molar-refractivity contribution in [3.8, 4) is 0 Å². The average Bonchev–Trinajstić information content (AvgIpc) is 2.68. The summed E-state index contributed by atoms with van der Waals surface area (Å²) in [5.74, 6) is 0. The molecule has 1 atom stereocenters. The maximum atomic E-state index is 11.9. The number of aryl methyl sites for hydroxylation is 1. The summed E-state index contributed by atoms with van der Waals surface area (Å²) in [6, 6.07) is -0.221. The van der Waals surface area contributed by atoms with Gasteiger partial charge >= 0.3 is 6.03 Å². The van der Waals surface area contributed by atoms with E-state index in [0.29, 0.717) is 13.0 Å². The van der Waals surface area contributed by atoms with E-state index >= 15 is 0 Å². The molecule has 2 amide bonds. The Morgan fingerprint density at radius 3 is 2.74 bits per heavy atom. The zero-order valence-corrected chi connectivity index (χ0v) is 12.2. The van der Waals surface area contributed by atoms with Crippen LogP contribution in [-0.4, -0.2) is 33.1 Å². The highest BCUT2D eigenvalue weighted by atomic mass is 16.3. The molecule has 0 saturated carbocycles. The second kappa shape index (κ2) is 6.56. The van der Waals surface area contributed by atoms with Crippen molar-refractivity contribution in [3.05, 3.63) is 17.5 Å². The quantitative estimate of drug-likeness (QED) is 0.722. The maximum Gasteiger partial charge on any atom is 0.315 e. The molecule has 0 fully saturated rings. The number of amides is 2. The van der Waals surface area contributed by atoms with Gasteiger partial charge in [0.25, 0.3) is 0 Å². The predicted octanol–water partition coefficient (Wildman–Crippen LogP) is 1.08. The van der Waals surface area contributed by atoms with E-state index in [-0.39, 0.29) is 18.2 Å². The van der Waals surface area contributed by atoms with Gasteiger partial charge in [-0.05, 0) is 26.7 Å². The second-order valence-corrected chi connectivity index (χ2v) is 5.07. The first-order valence-corrected chi connectivity index (χ1v) is 6.56. The fourth-order valence-corrected chi connectivity index (χ4v) is 1.79. The molecule has 0 aliphatic rings. The fraction of sp³-hybridized carbons (Fsp3) is 0.692. The molecular weight excluding hydrogens is 244 g/mol. The summed E-state index contributed by atoms with van der Waals surface area (Å²) in [5, 5.41) is 18.9. The highest BCUT2D eigenvalue weighted by Crippen LogP contribution is 2.13. The van der Waals surface area contributed by atoms with E-state index in [1.54, 1.807) is 10.9 Å². The Labute approximate surface area is 114 Å². The van der Waals surface area contributed by atoms with E-state index in [0.717, 1.165) is 17.7 Å². The highest BCUT2D eigenvalue weighted by Gasteiger charge is 2.23. The number of rotatable bonds is 6. The van der Waals surface area contributed by atoms with E-state index in [1.165, 1.54) is 0 Å². The molecule has 1 heterocycles. The van der Waals surface area contributed by atoms with Crippen molar-refractivity contribution in [2.45, 2.75) is 45.7 Å². The number of urea groups is 1. The van der Waals surface area contributed by atoms with Gasteiger partial charge in [0.2, 0.25) is 0 Å². The first-order valence-electron chi connectivity index (χ1n) is 6.56. The standard InChI is InChI=1S/C13H24N4O2/c1-5-13(3,6-7-18)16-12(19)14-8-11-9-15-17(4)10(11)2/h9,18H,5-8H2,1-4H3,(H2,14,16,19). The number of hydrogen-bond acceptors (Lipinski definition) is 3. The average molecular weight is 268 g/mol. The molecule has 0 aliphatic heterocycles. The first-order chi connectivity index (χ1) is 8.91. The zero-order chi connectivity index (χ0) is 14.5. The molecule has 0 aromatic carbocycles. The first kappa shape index (κ1) is 15.5. The lowest BCUT2D eigenvalue weighted by Crippen LogP contribution is -2.50. The molecule has 19 heavy (non-hydrogen) atoms. The molecule has 6 nitrogen and oxygen atoms in total. The van der Waals surface area contributed by atoms with E-state index < -0.39 is 0 Å². The van der Waals surface area contributed by atoms with Crippen molar-refractivity contribution in [3.63, 3.8) is 0 Å². The Hall–Kier alpha value is -1.56. The minimum atomic E-state index is -0.372. The van der Waals surface area contributed by atoms with Gasteiger partial charge in [-0.2, -0.15) is 5.10 Å². The number of carbonyl (C=O) groups excluding carboxylic acids is 1. The number of carbonyl (C=O) groups is 1. The minimum Gasteiger partial charge on any atom is -0.396 e. The molecule has 1 unspecified atom stereocenters. The lowest BCUT2D eigenvalue weighted by Gasteiger charge is -2.29. The van der Waals surface area contributed by atoms with E-state index in [2.05, 4.69) is 15.7 Å². The third kappa shape index (κ3) is 4.24. The number of nitrogens with one attached hydrogen (secondary N) is 2. The van der Waals surface area contributed by atoms with Crippen LogP contribution >= 0.6 is 0 Å². The normalized spacial score (nSPS) is 13.9. The summed E-state index contributed by atoms with van der Waals surface area (Å²) in [6.07, 6.45) is 3.07. The van der Waals surface area contributed by atoms with Gasteiger partial charge in [0, 0.05) is 37.0 Å². The number of nitrogens with zero attached hydrogens (tertiary/aromatic N) is 2. The monoisotopic (exact) mass is 268 g/mol. The Bertz CT molecular complexity index is 430. The third-order valence-electron chi connectivity index (χ3n) is 3.64. The summed E-state index contributed by atoms with van der Waals surface area (Å²) < 4.78 is 1.77. The van der Waals surface area contributed by atoms with E-state index in [9.17, 15) is 4.79 Å². The molecule has 0 saturated heterocycles. The van der Waals surface area contributed by atoms with Crippen LogP contribution in [0, 0.1) is 6.92 Å². The SMILES string of the molecule is CCC(C)(CCO)NC(=O)NCc1cnn(C)c1C. The smallest absolute Gasteiger partial charge is 0.315 e. The number of aromatic nitrogens is 2. The van der Waals surface area contributed by atoms with Gasteiger partial charge in [-0.3, -0.25) is 4.68 Å². The molecule has 6 heteroatoms. The van der Waals surface area contributed by atoms with Crippen LogP contribution in [0.1, 0.15) is 37.9 Å². The van der Waals surface area contributed by atoms with Crippen LogP contribution in [0.4, 0.5) is 4.79 Å². The molecule has 108 valence electrons. The molecule has 1 aromatic heterocycles. The zero-order valence-electron chi connectivity index (χ0n) is 12.2. The number of aliphatic hydroxyl groups is 1. The molecule has 0 radical (unpaired) electrons. The third-order valence-corrected chi connectivity index (χ3v) is 3.64. The Kier molecular flexibility index (Phi) is 5.35. The van der Waals surface area contributed by atoms with Crippen LogP contribution in [0.15, 0.2) is 6.20 Å². The van der Waals surface area contributed by atoms with Crippen LogP contribution in [0.5, 0.6) is 0 Å². The maximum absolute atomic E-state index is 11.9. The van der Waals surface area contributed by atoms with Crippen molar-refractivity contribution in [1.29, 1.82) is 0 Å². The summed E-state index contributed by atoms with van der Waals surface area (Å²) in [5.41, 5.74) is 1.66. The number of aliphatic hydroxyl groups excluding tert-OH is 1. The van der Waals surface area contributed by atoms with Crippen molar-refractivity contribution in [1.82, 2.24) is 20.4 Å². The van der Waals surface area contributed by atoms with Crippen molar-refractivity contribution in [2.24, 2.45) is 7.05 Å². The van der Waals surface area contributed by atoms with Crippen molar-refractivity contribution < 1.29 is 9.90 Å². The minimum absolute atomic E-state index is 0.0618. The lowest BCUT2D eigenvalue weighted by molar-refractivity contribution is 0.200. The summed E-state index contributed by atoms with van der Waals surface area (Å²) in [4.78, 5) is 11.9. The second-order valence-electron chi connectivity index (χ2n) is 5.07. The van der Waals surface area contributed by atoms with Crippen LogP contribution < -0.4 is 10.6 Å². The lowest BCUT2D eigenvalue weighted by atomic mass is 9.95. The number of hydrogen-bond donors (Lipinski definition) is 3. The molecule has 1 aromatic rings. The van der Waals surface area contributed by atoms with Gasteiger partial charge in [-0.1, -0.05) is 6.92 Å². The summed E-state index contributed by atoms with van der Waals surface area (Å²) >= 11 is 0. The van der Waals surface area contributed by atoms with Crippen molar-refractivity contribution in [2.75, 3.05) is 6.61 Å². The van der Waals surface area contributed by atoms with Gasteiger partial charge in [0.15, 0.2) is 0 Å². The molecule has 0 aliphatic carbocycles.